The molecule has 3 aromatic rings. The number of benzene rings is 2. The standard InChI is InChI=1S/C25H23Cl2N3O5S/c1-13-22(29-14(2)23(13)25(33)28-8-9-31)11-17-16-10-15(6-7-21(16)30-24(17)32)36(34,35)12-18-19(26)4-3-5-20(18)27/h3-7,10-11,29,31H,8-9,12H2,1-2H3,(H,28,33)(H,30,32). The Balaban J connectivity index is 1.72. The average Bonchev–Trinajstić information content (AvgIpc) is 3.29. The molecule has 0 fully saturated rings. The van der Waals surface area contributed by atoms with E-state index in [1.165, 1.54) is 18.2 Å². The highest BCUT2D eigenvalue weighted by Gasteiger charge is 2.28. The number of aliphatic hydroxyl groups excluding tert-OH is 1. The smallest absolute Gasteiger partial charge is 0.256 e. The predicted molar refractivity (Wildman–Crippen MR) is 140 cm³/mol. The first-order valence-electron chi connectivity index (χ1n) is 10.9. The summed E-state index contributed by atoms with van der Waals surface area (Å²) in [6, 6.07) is 9.19. The second-order valence-electron chi connectivity index (χ2n) is 8.32. The number of fused-ring (bicyclic) bond motifs is 1. The number of carbonyl (C=O) groups excluding carboxylic acids is 2. The fraction of sp³-hybridized carbons (Fsp3) is 0.200. The second kappa shape index (κ2) is 10.1. The van der Waals surface area contributed by atoms with E-state index in [0.29, 0.717) is 39.3 Å². The third kappa shape index (κ3) is 4.92. The van der Waals surface area contributed by atoms with Crippen molar-refractivity contribution in [3.05, 3.63) is 80.1 Å². The molecule has 0 radical (unpaired) electrons. The van der Waals surface area contributed by atoms with Crippen molar-refractivity contribution in [1.82, 2.24) is 10.3 Å². The highest BCUT2D eigenvalue weighted by atomic mass is 35.5. The van der Waals surface area contributed by atoms with Gasteiger partial charge in [0.05, 0.1) is 28.4 Å². The van der Waals surface area contributed by atoms with Crippen LogP contribution in [0.5, 0.6) is 0 Å². The number of aryl methyl sites for hydroxylation is 1. The number of H-pyrrole nitrogens is 1. The number of carbonyl (C=O) groups is 2. The SMILES string of the molecule is Cc1[nH]c(C=C2C(=O)Nc3ccc(S(=O)(=O)Cc4c(Cl)cccc4Cl)cc32)c(C)c1C(=O)NCCO. The average molecular weight is 548 g/mol. The lowest BCUT2D eigenvalue weighted by atomic mass is 10.0. The van der Waals surface area contributed by atoms with E-state index in [0.717, 1.165) is 0 Å². The number of nitrogens with one attached hydrogen (secondary N) is 3. The highest BCUT2D eigenvalue weighted by molar-refractivity contribution is 7.90. The first-order chi connectivity index (χ1) is 17.0. The molecule has 36 heavy (non-hydrogen) atoms. The number of hydrogen-bond donors (Lipinski definition) is 4. The van der Waals surface area contributed by atoms with Crippen LogP contribution in [0, 0.1) is 13.8 Å². The number of halogens is 2. The zero-order chi connectivity index (χ0) is 26.2. The van der Waals surface area contributed by atoms with Gasteiger partial charge in [0.25, 0.3) is 11.8 Å². The molecule has 1 aromatic heterocycles. The van der Waals surface area contributed by atoms with E-state index in [1.54, 1.807) is 38.1 Å². The van der Waals surface area contributed by atoms with Gasteiger partial charge in [-0.25, -0.2) is 8.42 Å². The summed E-state index contributed by atoms with van der Waals surface area (Å²) in [4.78, 5) is 28.4. The third-order valence-corrected chi connectivity index (χ3v) is 8.27. The Bertz CT molecular complexity index is 1510. The molecule has 2 heterocycles. The summed E-state index contributed by atoms with van der Waals surface area (Å²) in [5.74, 6) is -1.14. The minimum Gasteiger partial charge on any atom is -0.395 e. The highest BCUT2D eigenvalue weighted by Crippen LogP contribution is 2.37. The predicted octanol–water partition coefficient (Wildman–Crippen LogP) is 4.13. The van der Waals surface area contributed by atoms with E-state index in [1.807, 2.05) is 0 Å². The summed E-state index contributed by atoms with van der Waals surface area (Å²) >= 11 is 12.3. The van der Waals surface area contributed by atoms with Crippen LogP contribution >= 0.6 is 23.2 Å². The molecule has 188 valence electrons. The number of rotatable bonds is 7. The fourth-order valence-electron chi connectivity index (χ4n) is 4.11. The van der Waals surface area contributed by atoms with Crippen LogP contribution in [0.3, 0.4) is 0 Å². The largest absolute Gasteiger partial charge is 0.395 e. The molecule has 2 aromatic carbocycles. The minimum atomic E-state index is -3.84. The van der Waals surface area contributed by atoms with Crippen LogP contribution in [0.2, 0.25) is 10.0 Å². The lowest BCUT2D eigenvalue weighted by Crippen LogP contribution is -2.27. The van der Waals surface area contributed by atoms with Gasteiger partial charge in [0.2, 0.25) is 0 Å². The molecular formula is C25H23Cl2N3O5S. The van der Waals surface area contributed by atoms with Gasteiger partial charge in [-0.15, -0.1) is 0 Å². The van der Waals surface area contributed by atoms with Gasteiger partial charge >= 0.3 is 0 Å². The molecule has 0 aliphatic carbocycles. The quantitative estimate of drug-likeness (QED) is 0.330. The van der Waals surface area contributed by atoms with Crippen molar-refractivity contribution in [2.45, 2.75) is 24.5 Å². The molecule has 2 amide bonds. The Morgan fingerprint density at radius 3 is 2.50 bits per heavy atom. The Morgan fingerprint density at radius 1 is 1.14 bits per heavy atom. The van der Waals surface area contributed by atoms with Gasteiger partial charge in [0.15, 0.2) is 9.84 Å². The van der Waals surface area contributed by atoms with Gasteiger partial charge < -0.3 is 20.7 Å². The van der Waals surface area contributed by atoms with Crippen molar-refractivity contribution in [3.8, 4) is 0 Å². The van der Waals surface area contributed by atoms with Crippen LogP contribution in [0.1, 0.15) is 38.4 Å². The van der Waals surface area contributed by atoms with E-state index in [-0.39, 0.29) is 39.6 Å². The Morgan fingerprint density at radius 2 is 1.83 bits per heavy atom. The van der Waals surface area contributed by atoms with Crippen molar-refractivity contribution in [3.63, 3.8) is 0 Å². The Hall–Kier alpha value is -3.11. The third-order valence-electron chi connectivity index (χ3n) is 5.92. The first-order valence-corrected chi connectivity index (χ1v) is 13.4. The maximum Gasteiger partial charge on any atom is 0.256 e. The molecule has 0 bridgehead atoms. The van der Waals surface area contributed by atoms with Crippen molar-refractivity contribution >= 4 is 62.2 Å². The van der Waals surface area contributed by atoms with Gasteiger partial charge in [-0.05, 0) is 55.8 Å². The number of aromatic amines is 1. The van der Waals surface area contributed by atoms with E-state index in [4.69, 9.17) is 28.3 Å². The second-order valence-corrected chi connectivity index (χ2v) is 11.1. The summed E-state index contributed by atoms with van der Waals surface area (Å²) in [5.41, 5.74) is 3.63. The molecule has 0 atom stereocenters. The number of amides is 2. The van der Waals surface area contributed by atoms with Gasteiger partial charge in [-0.3, -0.25) is 9.59 Å². The number of aromatic nitrogens is 1. The molecule has 4 rings (SSSR count). The maximum absolute atomic E-state index is 13.2. The number of hydrogen-bond acceptors (Lipinski definition) is 5. The molecule has 0 saturated heterocycles. The molecule has 4 N–H and O–H groups in total. The number of aliphatic hydroxyl groups is 1. The summed E-state index contributed by atoms with van der Waals surface area (Å²) in [5, 5.41) is 14.8. The van der Waals surface area contributed by atoms with Gasteiger partial charge in [-0.1, -0.05) is 29.3 Å². The van der Waals surface area contributed by atoms with Crippen LogP contribution in [0.25, 0.3) is 11.6 Å². The summed E-state index contributed by atoms with van der Waals surface area (Å²) in [6.07, 6.45) is 1.59. The number of anilines is 1. The first kappa shape index (κ1) is 26.0. The van der Waals surface area contributed by atoms with Crippen molar-refractivity contribution in [2.24, 2.45) is 0 Å². The van der Waals surface area contributed by atoms with Crippen LogP contribution in [0.4, 0.5) is 5.69 Å². The molecule has 11 heteroatoms. The van der Waals surface area contributed by atoms with Gasteiger partial charge in [0.1, 0.15) is 0 Å². The van der Waals surface area contributed by atoms with Crippen LogP contribution in [0.15, 0.2) is 41.3 Å². The van der Waals surface area contributed by atoms with Crippen LogP contribution in [-0.2, 0) is 20.4 Å². The molecule has 1 aliphatic rings. The van der Waals surface area contributed by atoms with Crippen molar-refractivity contribution < 1.29 is 23.1 Å². The molecule has 0 spiro atoms. The number of sulfone groups is 1. The summed E-state index contributed by atoms with van der Waals surface area (Å²) in [7, 11) is -3.84. The summed E-state index contributed by atoms with van der Waals surface area (Å²) < 4.78 is 26.4. The fourth-order valence-corrected chi connectivity index (χ4v) is 6.23. The molecule has 0 unspecified atom stereocenters. The van der Waals surface area contributed by atoms with Crippen LogP contribution in [-0.4, -0.2) is 43.5 Å². The molecule has 1 aliphatic heterocycles. The summed E-state index contributed by atoms with van der Waals surface area (Å²) in [6.45, 7) is 3.41. The monoisotopic (exact) mass is 547 g/mol. The Labute approximate surface area is 218 Å². The minimum absolute atomic E-state index is 0.0168. The van der Waals surface area contributed by atoms with E-state index < -0.39 is 21.5 Å². The van der Waals surface area contributed by atoms with Crippen molar-refractivity contribution in [1.29, 1.82) is 0 Å². The lowest BCUT2D eigenvalue weighted by molar-refractivity contribution is -0.110. The zero-order valence-corrected chi connectivity index (χ0v) is 21.7. The molecule has 0 saturated carbocycles. The lowest BCUT2D eigenvalue weighted by Gasteiger charge is -2.10. The normalized spacial score (nSPS) is 14.1. The van der Waals surface area contributed by atoms with Crippen molar-refractivity contribution in [2.75, 3.05) is 18.5 Å². The van der Waals surface area contributed by atoms with Gasteiger partial charge in [-0.2, -0.15) is 0 Å². The van der Waals surface area contributed by atoms with E-state index >= 15 is 0 Å². The van der Waals surface area contributed by atoms with Crippen LogP contribution < -0.4 is 10.6 Å². The Kier molecular flexibility index (Phi) is 7.28. The molecular weight excluding hydrogens is 525 g/mol. The topological polar surface area (TPSA) is 128 Å². The maximum atomic E-state index is 13.2. The van der Waals surface area contributed by atoms with E-state index in [2.05, 4.69) is 15.6 Å². The van der Waals surface area contributed by atoms with Gasteiger partial charge in [0, 0.05) is 44.8 Å². The zero-order valence-electron chi connectivity index (χ0n) is 19.4. The molecule has 8 nitrogen and oxygen atoms in total. The van der Waals surface area contributed by atoms with E-state index in [9.17, 15) is 18.0 Å².